The van der Waals surface area contributed by atoms with Crippen molar-refractivity contribution in [2.24, 2.45) is 0 Å². The predicted molar refractivity (Wildman–Crippen MR) is 85.9 cm³/mol. The van der Waals surface area contributed by atoms with E-state index in [-0.39, 0.29) is 11.3 Å². The van der Waals surface area contributed by atoms with E-state index in [2.05, 4.69) is 5.10 Å². The molecule has 130 valence electrons. The number of nitrogen functional groups attached to an aromatic ring is 1. The van der Waals surface area contributed by atoms with Gasteiger partial charge in [-0.1, -0.05) is 12.1 Å². The van der Waals surface area contributed by atoms with Crippen LogP contribution < -0.4 is 11.2 Å². The molecule has 3 rings (SSSR count). The standard InChI is InChI=1S/C15H19BF3N3O2/c1-13(2)14(3,4)24-16(23-13)10-7-5-6-9-11(10)22(21-12(9)20)8-15(17,18)19/h5-7H,8H2,1-4H3,(H2,20,21). The Morgan fingerprint density at radius 1 is 1.17 bits per heavy atom. The zero-order valence-electron chi connectivity index (χ0n) is 13.9. The Morgan fingerprint density at radius 2 is 1.75 bits per heavy atom. The molecule has 0 saturated carbocycles. The molecule has 0 spiro atoms. The molecular weight excluding hydrogens is 322 g/mol. The summed E-state index contributed by atoms with van der Waals surface area (Å²) in [5.74, 6) is 0.0487. The molecule has 0 aliphatic carbocycles. The van der Waals surface area contributed by atoms with Gasteiger partial charge < -0.3 is 15.0 Å². The molecule has 1 aliphatic heterocycles. The van der Waals surface area contributed by atoms with E-state index in [1.54, 1.807) is 18.2 Å². The van der Waals surface area contributed by atoms with Crippen LogP contribution in [0.4, 0.5) is 19.0 Å². The van der Waals surface area contributed by atoms with Crippen LogP contribution in [-0.2, 0) is 15.9 Å². The lowest BCUT2D eigenvalue weighted by Gasteiger charge is -2.32. The summed E-state index contributed by atoms with van der Waals surface area (Å²) in [5, 5.41) is 4.29. The number of hydrogen-bond donors (Lipinski definition) is 1. The van der Waals surface area contributed by atoms with Crippen LogP contribution >= 0.6 is 0 Å². The van der Waals surface area contributed by atoms with Gasteiger partial charge in [-0.2, -0.15) is 18.3 Å². The Kier molecular flexibility index (Phi) is 3.65. The van der Waals surface area contributed by atoms with Gasteiger partial charge in [-0.05, 0) is 33.8 Å². The van der Waals surface area contributed by atoms with Crippen molar-refractivity contribution < 1.29 is 22.5 Å². The highest BCUT2D eigenvalue weighted by Crippen LogP contribution is 2.37. The van der Waals surface area contributed by atoms with Crippen LogP contribution in [0.15, 0.2) is 18.2 Å². The minimum Gasteiger partial charge on any atom is -0.399 e. The number of hydrogen-bond acceptors (Lipinski definition) is 4. The van der Waals surface area contributed by atoms with Gasteiger partial charge in [0.25, 0.3) is 0 Å². The Bertz CT molecular complexity index is 770. The van der Waals surface area contributed by atoms with Crippen LogP contribution in [0.3, 0.4) is 0 Å². The third-order valence-electron chi connectivity index (χ3n) is 4.67. The van der Waals surface area contributed by atoms with E-state index in [1.807, 2.05) is 27.7 Å². The van der Waals surface area contributed by atoms with E-state index in [4.69, 9.17) is 15.0 Å². The molecule has 2 aromatic rings. The van der Waals surface area contributed by atoms with E-state index in [0.717, 1.165) is 4.68 Å². The maximum atomic E-state index is 12.9. The van der Waals surface area contributed by atoms with Crippen LogP contribution in [0, 0.1) is 0 Å². The monoisotopic (exact) mass is 341 g/mol. The number of anilines is 1. The summed E-state index contributed by atoms with van der Waals surface area (Å²) < 4.78 is 51.4. The third kappa shape index (κ3) is 2.75. The summed E-state index contributed by atoms with van der Waals surface area (Å²) in [4.78, 5) is 0. The van der Waals surface area contributed by atoms with Crippen molar-refractivity contribution >= 4 is 29.3 Å². The zero-order valence-corrected chi connectivity index (χ0v) is 13.9. The highest BCUT2D eigenvalue weighted by molar-refractivity contribution is 6.65. The average Bonchev–Trinajstić information content (AvgIpc) is 2.83. The van der Waals surface area contributed by atoms with Gasteiger partial charge in [0.1, 0.15) is 6.54 Å². The number of alkyl halides is 3. The van der Waals surface area contributed by atoms with Crippen LogP contribution in [0.25, 0.3) is 10.9 Å². The van der Waals surface area contributed by atoms with Crippen LogP contribution in [0.2, 0.25) is 0 Å². The van der Waals surface area contributed by atoms with E-state index < -0.39 is 31.0 Å². The SMILES string of the molecule is CC1(C)OB(c2cccc3c(N)nn(CC(F)(F)F)c23)OC1(C)C. The molecule has 1 aliphatic rings. The van der Waals surface area contributed by atoms with E-state index in [9.17, 15) is 13.2 Å². The average molecular weight is 341 g/mol. The molecule has 24 heavy (non-hydrogen) atoms. The summed E-state index contributed by atoms with van der Waals surface area (Å²) in [6.07, 6.45) is -4.41. The maximum Gasteiger partial charge on any atom is 0.497 e. The molecule has 0 amide bonds. The van der Waals surface area contributed by atoms with Crippen LogP contribution in [0.5, 0.6) is 0 Å². The Labute approximate surface area is 138 Å². The number of nitrogens with two attached hydrogens (primary N) is 1. The number of rotatable bonds is 2. The van der Waals surface area contributed by atoms with Crippen molar-refractivity contribution in [2.45, 2.75) is 51.6 Å². The smallest absolute Gasteiger partial charge is 0.399 e. The molecule has 5 nitrogen and oxygen atoms in total. The highest BCUT2D eigenvalue weighted by atomic mass is 19.4. The van der Waals surface area contributed by atoms with Crippen LogP contribution in [-0.4, -0.2) is 34.3 Å². The molecule has 1 fully saturated rings. The Balaban J connectivity index is 2.13. The zero-order chi connectivity index (χ0) is 17.9. The van der Waals surface area contributed by atoms with Crippen molar-refractivity contribution in [1.29, 1.82) is 0 Å². The first-order chi connectivity index (χ1) is 10.9. The Morgan fingerprint density at radius 3 is 2.29 bits per heavy atom. The van der Waals surface area contributed by atoms with Gasteiger partial charge in [-0.25, -0.2) is 0 Å². The fourth-order valence-corrected chi connectivity index (χ4v) is 2.73. The predicted octanol–water partition coefficient (Wildman–Crippen LogP) is 2.48. The van der Waals surface area contributed by atoms with E-state index in [1.165, 1.54) is 0 Å². The number of halogens is 3. The summed E-state index contributed by atoms with van der Waals surface area (Å²) in [5.41, 5.74) is 5.36. The largest absolute Gasteiger partial charge is 0.497 e. The van der Waals surface area contributed by atoms with Crippen molar-refractivity contribution in [3.8, 4) is 0 Å². The van der Waals surface area contributed by atoms with Crippen molar-refractivity contribution in [3.05, 3.63) is 18.2 Å². The van der Waals surface area contributed by atoms with Crippen molar-refractivity contribution in [3.63, 3.8) is 0 Å². The third-order valence-corrected chi connectivity index (χ3v) is 4.67. The lowest BCUT2D eigenvalue weighted by molar-refractivity contribution is -0.141. The first-order valence-corrected chi connectivity index (χ1v) is 7.58. The maximum absolute atomic E-state index is 12.9. The molecule has 2 heterocycles. The summed E-state index contributed by atoms with van der Waals surface area (Å²) in [6.45, 7) is 6.31. The molecule has 9 heteroatoms. The normalized spacial score (nSPS) is 20.0. The number of fused-ring (bicyclic) bond motifs is 1. The molecular formula is C15H19BF3N3O2. The molecule has 1 aromatic heterocycles. The minimum atomic E-state index is -4.41. The Hall–Kier alpha value is -1.74. The second-order valence-electron chi connectivity index (χ2n) is 6.99. The summed E-state index contributed by atoms with van der Waals surface area (Å²) in [6, 6.07) is 5.02. The summed E-state index contributed by atoms with van der Waals surface area (Å²) in [7, 11) is -0.790. The minimum absolute atomic E-state index is 0.0487. The number of para-hydroxylation sites is 1. The fraction of sp³-hybridized carbons (Fsp3) is 0.533. The number of nitrogens with zero attached hydrogens (tertiary/aromatic N) is 2. The second-order valence-corrected chi connectivity index (χ2v) is 6.99. The van der Waals surface area contributed by atoms with Crippen molar-refractivity contribution in [1.82, 2.24) is 9.78 Å². The van der Waals surface area contributed by atoms with Crippen molar-refractivity contribution in [2.75, 3.05) is 5.73 Å². The topological polar surface area (TPSA) is 62.3 Å². The summed E-state index contributed by atoms with van der Waals surface area (Å²) >= 11 is 0. The van der Waals surface area contributed by atoms with E-state index >= 15 is 0 Å². The van der Waals surface area contributed by atoms with Gasteiger partial charge in [0.15, 0.2) is 5.82 Å². The molecule has 1 saturated heterocycles. The van der Waals surface area contributed by atoms with Gasteiger partial charge in [0, 0.05) is 10.8 Å². The van der Waals surface area contributed by atoms with Gasteiger partial charge in [-0.3, -0.25) is 4.68 Å². The van der Waals surface area contributed by atoms with Gasteiger partial charge in [0.05, 0.1) is 16.7 Å². The van der Waals surface area contributed by atoms with Gasteiger partial charge >= 0.3 is 13.3 Å². The molecule has 0 unspecified atom stereocenters. The second kappa shape index (κ2) is 5.13. The molecule has 0 atom stereocenters. The number of benzene rings is 1. The van der Waals surface area contributed by atoms with Gasteiger partial charge in [-0.15, -0.1) is 0 Å². The lowest BCUT2D eigenvalue weighted by Crippen LogP contribution is -2.41. The molecule has 2 N–H and O–H groups in total. The van der Waals surface area contributed by atoms with E-state index in [0.29, 0.717) is 10.8 Å². The first-order valence-electron chi connectivity index (χ1n) is 7.58. The van der Waals surface area contributed by atoms with Crippen LogP contribution in [0.1, 0.15) is 27.7 Å². The lowest BCUT2D eigenvalue weighted by atomic mass is 9.78. The highest BCUT2D eigenvalue weighted by Gasteiger charge is 2.52. The fourth-order valence-electron chi connectivity index (χ4n) is 2.73. The molecule has 1 aromatic carbocycles. The quantitative estimate of drug-likeness (QED) is 0.853. The molecule has 0 bridgehead atoms. The van der Waals surface area contributed by atoms with Gasteiger partial charge in [0.2, 0.25) is 0 Å². The molecule has 0 radical (unpaired) electrons. The first kappa shape index (κ1) is 17.1. The number of aromatic nitrogens is 2.